The van der Waals surface area contributed by atoms with Crippen molar-refractivity contribution >= 4 is 12.0 Å². The van der Waals surface area contributed by atoms with E-state index in [1.165, 1.54) is 32.4 Å². The monoisotopic (exact) mass is 248 g/mol. The number of hydrogen-bond acceptors (Lipinski definition) is 4. The van der Waals surface area contributed by atoms with Crippen LogP contribution in [0.4, 0.5) is 5.69 Å². The van der Waals surface area contributed by atoms with Crippen molar-refractivity contribution in [3.63, 3.8) is 0 Å². The first-order valence-electron chi connectivity index (χ1n) is 6.49. The SMILES string of the molecule is Nc1cc(C=O)ccc1OCCN1CCCCC1. The largest absolute Gasteiger partial charge is 0.490 e. The average molecular weight is 248 g/mol. The molecule has 18 heavy (non-hydrogen) atoms. The zero-order valence-electron chi connectivity index (χ0n) is 10.6. The summed E-state index contributed by atoms with van der Waals surface area (Å²) in [7, 11) is 0. The number of likely N-dealkylation sites (tertiary alicyclic amines) is 1. The molecule has 0 aliphatic carbocycles. The molecule has 4 heteroatoms. The minimum atomic E-state index is 0.526. The summed E-state index contributed by atoms with van der Waals surface area (Å²) < 4.78 is 5.66. The number of carbonyl (C=O) groups is 1. The summed E-state index contributed by atoms with van der Waals surface area (Å²) in [5, 5.41) is 0. The van der Waals surface area contributed by atoms with Gasteiger partial charge in [-0.3, -0.25) is 9.69 Å². The van der Waals surface area contributed by atoms with Crippen LogP contribution in [0, 0.1) is 0 Å². The Balaban J connectivity index is 1.80. The highest BCUT2D eigenvalue weighted by Gasteiger charge is 2.10. The molecule has 2 N–H and O–H groups in total. The van der Waals surface area contributed by atoms with Crippen LogP contribution < -0.4 is 10.5 Å². The highest BCUT2D eigenvalue weighted by Crippen LogP contribution is 2.21. The van der Waals surface area contributed by atoms with Gasteiger partial charge >= 0.3 is 0 Å². The first-order chi connectivity index (χ1) is 8.79. The molecule has 0 amide bonds. The van der Waals surface area contributed by atoms with Crippen LogP contribution >= 0.6 is 0 Å². The summed E-state index contributed by atoms with van der Waals surface area (Å²) in [5.41, 5.74) is 6.92. The van der Waals surface area contributed by atoms with Gasteiger partial charge in [-0.15, -0.1) is 0 Å². The quantitative estimate of drug-likeness (QED) is 0.639. The fourth-order valence-electron chi connectivity index (χ4n) is 2.24. The van der Waals surface area contributed by atoms with Gasteiger partial charge in [0.2, 0.25) is 0 Å². The van der Waals surface area contributed by atoms with E-state index in [0.717, 1.165) is 12.8 Å². The number of piperidine rings is 1. The molecule has 1 saturated heterocycles. The lowest BCUT2D eigenvalue weighted by Crippen LogP contribution is -2.33. The molecular formula is C14H20N2O2. The maximum absolute atomic E-state index is 10.6. The van der Waals surface area contributed by atoms with E-state index in [0.29, 0.717) is 23.6 Å². The Morgan fingerprint density at radius 3 is 2.72 bits per heavy atom. The number of hydrogen-bond donors (Lipinski definition) is 1. The van der Waals surface area contributed by atoms with Gasteiger partial charge in [-0.05, 0) is 44.1 Å². The Morgan fingerprint density at radius 2 is 2.06 bits per heavy atom. The Hall–Kier alpha value is -1.55. The number of nitrogens with two attached hydrogens (primary N) is 1. The van der Waals surface area contributed by atoms with Crippen LogP contribution in [0.5, 0.6) is 5.75 Å². The van der Waals surface area contributed by atoms with Gasteiger partial charge < -0.3 is 10.5 Å². The second kappa shape index (κ2) is 6.40. The maximum atomic E-state index is 10.6. The fraction of sp³-hybridized carbons (Fsp3) is 0.500. The van der Waals surface area contributed by atoms with Gasteiger partial charge in [0.25, 0.3) is 0 Å². The third kappa shape index (κ3) is 3.47. The van der Waals surface area contributed by atoms with E-state index in [9.17, 15) is 4.79 Å². The molecule has 1 aromatic rings. The molecule has 1 aromatic carbocycles. The molecule has 1 fully saturated rings. The highest BCUT2D eigenvalue weighted by atomic mass is 16.5. The molecule has 0 atom stereocenters. The van der Waals surface area contributed by atoms with Crippen LogP contribution in [0.3, 0.4) is 0 Å². The zero-order valence-corrected chi connectivity index (χ0v) is 10.6. The van der Waals surface area contributed by atoms with Gasteiger partial charge in [0.05, 0.1) is 5.69 Å². The van der Waals surface area contributed by atoms with Gasteiger partial charge in [-0.1, -0.05) is 6.42 Å². The first-order valence-corrected chi connectivity index (χ1v) is 6.49. The molecule has 98 valence electrons. The van der Waals surface area contributed by atoms with Gasteiger partial charge in [0, 0.05) is 12.1 Å². The molecule has 1 heterocycles. The molecule has 4 nitrogen and oxygen atoms in total. The third-order valence-electron chi connectivity index (χ3n) is 3.28. The second-order valence-corrected chi connectivity index (χ2v) is 4.67. The van der Waals surface area contributed by atoms with Crippen molar-refractivity contribution in [3.8, 4) is 5.75 Å². The van der Waals surface area contributed by atoms with Crippen molar-refractivity contribution in [1.29, 1.82) is 0 Å². The molecular weight excluding hydrogens is 228 g/mol. The molecule has 0 radical (unpaired) electrons. The predicted molar refractivity (Wildman–Crippen MR) is 72.0 cm³/mol. The summed E-state index contributed by atoms with van der Waals surface area (Å²) in [4.78, 5) is 13.0. The van der Waals surface area contributed by atoms with Crippen LogP contribution in [0.1, 0.15) is 29.6 Å². The van der Waals surface area contributed by atoms with Gasteiger partial charge in [0.15, 0.2) is 0 Å². The Morgan fingerprint density at radius 1 is 1.28 bits per heavy atom. The normalized spacial score (nSPS) is 16.4. The number of carbonyl (C=O) groups excluding carboxylic acids is 1. The van der Waals surface area contributed by atoms with E-state index in [1.807, 2.05) is 0 Å². The van der Waals surface area contributed by atoms with Crippen LogP contribution in [0.2, 0.25) is 0 Å². The molecule has 0 aromatic heterocycles. The minimum absolute atomic E-state index is 0.526. The zero-order chi connectivity index (χ0) is 12.8. The van der Waals surface area contributed by atoms with Crippen LogP contribution in [-0.4, -0.2) is 37.4 Å². The number of anilines is 1. The van der Waals surface area contributed by atoms with E-state index >= 15 is 0 Å². The van der Waals surface area contributed by atoms with Crippen molar-refractivity contribution in [1.82, 2.24) is 4.90 Å². The van der Waals surface area contributed by atoms with Crippen molar-refractivity contribution in [2.45, 2.75) is 19.3 Å². The molecule has 0 spiro atoms. The van der Waals surface area contributed by atoms with Gasteiger partial charge in [-0.2, -0.15) is 0 Å². The third-order valence-corrected chi connectivity index (χ3v) is 3.28. The van der Waals surface area contributed by atoms with Crippen LogP contribution in [-0.2, 0) is 0 Å². The van der Waals surface area contributed by atoms with Crippen LogP contribution in [0.15, 0.2) is 18.2 Å². The number of aldehydes is 1. The molecule has 1 aliphatic heterocycles. The first kappa shape index (κ1) is 12.9. The molecule has 2 rings (SSSR count). The Bertz CT molecular complexity index is 401. The molecule has 0 bridgehead atoms. The molecule has 1 aliphatic rings. The van der Waals surface area contributed by atoms with E-state index < -0.39 is 0 Å². The summed E-state index contributed by atoms with van der Waals surface area (Å²) in [6.45, 7) is 3.92. The van der Waals surface area contributed by atoms with Crippen molar-refractivity contribution in [2.75, 3.05) is 32.0 Å². The van der Waals surface area contributed by atoms with E-state index in [2.05, 4.69) is 4.90 Å². The average Bonchev–Trinajstić information content (AvgIpc) is 2.42. The smallest absolute Gasteiger partial charge is 0.150 e. The summed E-state index contributed by atoms with van der Waals surface area (Å²) in [6.07, 6.45) is 4.71. The number of nitrogen functional groups attached to an aromatic ring is 1. The number of nitrogens with zero attached hydrogens (tertiary/aromatic N) is 1. The van der Waals surface area contributed by atoms with E-state index in [-0.39, 0.29) is 0 Å². The highest BCUT2D eigenvalue weighted by molar-refractivity contribution is 5.78. The van der Waals surface area contributed by atoms with Crippen molar-refractivity contribution < 1.29 is 9.53 Å². The van der Waals surface area contributed by atoms with E-state index in [4.69, 9.17) is 10.5 Å². The number of rotatable bonds is 5. The lowest BCUT2D eigenvalue weighted by atomic mass is 10.1. The lowest BCUT2D eigenvalue weighted by molar-refractivity contribution is 0.112. The molecule has 0 saturated carbocycles. The van der Waals surface area contributed by atoms with Crippen LogP contribution in [0.25, 0.3) is 0 Å². The summed E-state index contributed by atoms with van der Waals surface area (Å²) in [6, 6.07) is 5.12. The molecule has 0 unspecified atom stereocenters. The van der Waals surface area contributed by atoms with Gasteiger partial charge in [0.1, 0.15) is 18.6 Å². The Labute approximate surface area is 108 Å². The summed E-state index contributed by atoms with van der Waals surface area (Å²) >= 11 is 0. The van der Waals surface area contributed by atoms with Crippen molar-refractivity contribution in [2.24, 2.45) is 0 Å². The summed E-state index contributed by atoms with van der Waals surface area (Å²) in [5.74, 6) is 0.664. The predicted octanol–water partition coefficient (Wildman–Crippen LogP) is 1.95. The van der Waals surface area contributed by atoms with Crippen molar-refractivity contribution in [3.05, 3.63) is 23.8 Å². The van der Waals surface area contributed by atoms with Gasteiger partial charge in [-0.25, -0.2) is 0 Å². The number of benzene rings is 1. The topological polar surface area (TPSA) is 55.6 Å². The fourth-order valence-corrected chi connectivity index (χ4v) is 2.24. The maximum Gasteiger partial charge on any atom is 0.150 e. The minimum Gasteiger partial charge on any atom is -0.490 e. The standard InChI is InChI=1S/C14H20N2O2/c15-13-10-12(11-17)4-5-14(13)18-9-8-16-6-2-1-3-7-16/h4-5,10-11H,1-3,6-9,15H2. The lowest BCUT2D eigenvalue weighted by Gasteiger charge is -2.26. The number of ether oxygens (including phenoxy) is 1. The Kier molecular flexibility index (Phi) is 4.59. The van der Waals surface area contributed by atoms with E-state index in [1.54, 1.807) is 18.2 Å². The second-order valence-electron chi connectivity index (χ2n) is 4.67.